The van der Waals surface area contributed by atoms with E-state index < -0.39 is 0 Å². The Morgan fingerprint density at radius 2 is 2.10 bits per heavy atom. The molecule has 0 saturated heterocycles. The van der Waals surface area contributed by atoms with Crippen LogP contribution in [0.5, 0.6) is 5.75 Å². The van der Waals surface area contributed by atoms with Crippen molar-refractivity contribution < 1.29 is 13.9 Å². The highest BCUT2D eigenvalue weighted by Gasteiger charge is 2.41. The largest absolute Gasteiger partial charge is 0.497 e. The summed E-state index contributed by atoms with van der Waals surface area (Å²) in [5.41, 5.74) is 1.06. The van der Waals surface area contributed by atoms with Crippen LogP contribution in [0.1, 0.15) is 37.8 Å². The van der Waals surface area contributed by atoms with Gasteiger partial charge in [-0.3, -0.25) is 0 Å². The smallest absolute Gasteiger partial charge is 0.131 e. The van der Waals surface area contributed by atoms with Gasteiger partial charge in [0.25, 0.3) is 0 Å². The molecule has 3 nitrogen and oxygen atoms in total. The molecule has 1 unspecified atom stereocenters. The van der Waals surface area contributed by atoms with Crippen LogP contribution in [0.4, 0.5) is 4.39 Å². The zero-order chi connectivity index (χ0) is 14.6. The Labute approximate surface area is 120 Å². The van der Waals surface area contributed by atoms with Gasteiger partial charge in [-0.1, -0.05) is 6.07 Å². The molecule has 0 heterocycles. The number of ether oxygens (including phenoxy) is 2. The Bertz CT molecular complexity index is 446. The average molecular weight is 281 g/mol. The summed E-state index contributed by atoms with van der Waals surface area (Å²) in [7, 11) is 3.28. The molecule has 2 rings (SSSR count). The SMILES string of the molecule is COCCC1(CNC(C)c2ccc(OC)cc2F)CC1. The van der Waals surface area contributed by atoms with Gasteiger partial charge in [-0.25, -0.2) is 4.39 Å². The standard InChI is InChI=1S/C16H24FNO2/c1-12(14-5-4-13(20-3)10-15(14)17)18-11-16(6-7-16)8-9-19-2/h4-5,10,12,18H,6-9,11H2,1-3H3. The van der Waals surface area contributed by atoms with E-state index in [-0.39, 0.29) is 11.9 Å². The van der Waals surface area contributed by atoms with Crippen LogP contribution in [0, 0.1) is 11.2 Å². The van der Waals surface area contributed by atoms with Gasteiger partial charge in [-0.05, 0) is 37.7 Å². The normalized spacial score (nSPS) is 17.8. The highest BCUT2D eigenvalue weighted by Crippen LogP contribution is 2.48. The molecule has 1 fully saturated rings. The Hall–Kier alpha value is -1.13. The van der Waals surface area contributed by atoms with Gasteiger partial charge in [-0.2, -0.15) is 0 Å². The third kappa shape index (κ3) is 3.70. The van der Waals surface area contributed by atoms with Gasteiger partial charge >= 0.3 is 0 Å². The number of nitrogens with one attached hydrogen (secondary N) is 1. The molecule has 0 bridgehead atoms. The van der Waals surface area contributed by atoms with E-state index in [1.165, 1.54) is 18.9 Å². The van der Waals surface area contributed by atoms with E-state index in [0.717, 1.165) is 19.6 Å². The highest BCUT2D eigenvalue weighted by molar-refractivity contribution is 5.30. The van der Waals surface area contributed by atoms with Crippen LogP contribution in [-0.4, -0.2) is 27.4 Å². The molecule has 1 N–H and O–H groups in total. The van der Waals surface area contributed by atoms with Crippen molar-refractivity contribution >= 4 is 0 Å². The van der Waals surface area contributed by atoms with E-state index in [0.29, 0.717) is 16.7 Å². The van der Waals surface area contributed by atoms with Crippen molar-refractivity contribution in [3.8, 4) is 5.75 Å². The van der Waals surface area contributed by atoms with Crippen molar-refractivity contribution in [2.24, 2.45) is 5.41 Å². The second-order valence-corrected chi connectivity index (χ2v) is 5.73. The molecule has 0 aromatic heterocycles. The first-order chi connectivity index (χ1) is 9.60. The summed E-state index contributed by atoms with van der Waals surface area (Å²) in [5.74, 6) is 0.336. The van der Waals surface area contributed by atoms with Gasteiger partial charge in [-0.15, -0.1) is 0 Å². The summed E-state index contributed by atoms with van der Waals surface area (Å²) >= 11 is 0. The molecular formula is C16H24FNO2. The number of methoxy groups -OCH3 is 2. The predicted molar refractivity (Wildman–Crippen MR) is 77.5 cm³/mol. The van der Waals surface area contributed by atoms with Gasteiger partial charge in [0.2, 0.25) is 0 Å². The zero-order valence-corrected chi connectivity index (χ0v) is 12.5. The van der Waals surface area contributed by atoms with Crippen molar-refractivity contribution in [2.75, 3.05) is 27.4 Å². The van der Waals surface area contributed by atoms with Gasteiger partial charge in [0.15, 0.2) is 0 Å². The quantitative estimate of drug-likeness (QED) is 0.793. The first-order valence-electron chi connectivity index (χ1n) is 7.16. The van der Waals surface area contributed by atoms with Crippen LogP contribution in [0.3, 0.4) is 0 Å². The highest BCUT2D eigenvalue weighted by atomic mass is 19.1. The van der Waals surface area contributed by atoms with Gasteiger partial charge < -0.3 is 14.8 Å². The maximum Gasteiger partial charge on any atom is 0.131 e. The van der Waals surface area contributed by atoms with Gasteiger partial charge in [0.05, 0.1) is 7.11 Å². The topological polar surface area (TPSA) is 30.5 Å². The van der Waals surface area contributed by atoms with Crippen LogP contribution < -0.4 is 10.1 Å². The fourth-order valence-electron chi connectivity index (χ4n) is 2.48. The molecule has 1 saturated carbocycles. The summed E-state index contributed by atoms with van der Waals surface area (Å²) in [6, 6.07) is 5.03. The van der Waals surface area contributed by atoms with Crippen molar-refractivity contribution in [3.05, 3.63) is 29.6 Å². The molecule has 20 heavy (non-hydrogen) atoms. The van der Waals surface area contributed by atoms with Crippen molar-refractivity contribution in [1.29, 1.82) is 0 Å². The van der Waals surface area contributed by atoms with E-state index in [2.05, 4.69) is 5.32 Å². The lowest BCUT2D eigenvalue weighted by Gasteiger charge is -2.20. The molecule has 1 aliphatic carbocycles. The zero-order valence-electron chi connectivity index (χ0n) is 12.5. The molecular weight excluding hydrogens is 257 g/mol. The Balaban J connectivity index is 1.90. The number of hydrogen-bond acceptors (Lipinski definition) is 3. The maximum atomic E-state index is 14.0. The third-order valence-electron chi connectivity index (χ3n) is 4.25. The molecule has 0 amide bonds. The molecule has 1 aliphatic rings. The van der Waals surface area contributed by atoms with Gasteiger partial charge in [0, 0.05) is 37.9 Å². The minimum Gasteiger partial charge on any atom is -0.497 e. The lowest BCUT2D eigenvalue weighted by molar-refractivity contribution is 0.170. The van der Waals surface area contributed by atoms with Crippen molar-refractivity contribution in [3.63, 3.8) is 0 Å². The summed E-state index contributed by atoms with van der Waals surface area (Å²) in [6.07, 6.45) is 3.55. The number of benzene rings is 1. The predicted octanol–water partition coefficient (Wildman–Crippen LogP) is 3.30. The minimum absolute atomic E-state index is 0.000857. The maximum absolute atomic E-state index is 14.0. The monoisotopic (exact) mass is 281 g/mol. The van der Waals surface area contributed by atoms with Crippen molar-refractivity contribution in [1.82, 2.24) is 5.32 Å². The number of halogens is 1. The average Bonchev–Trinajstić information content (AvgIpc) is 3.23. The summed E-state index contributed by atoms with van der Waals surface area (Å²) in [6.45, 7) is 3.72. The first-order valence-corrected chi connectivity index (χ1v) is 7.16. The fourth-order valence-corrected chi connectivity index (χ4v) is 2.48. The van der Waals surface area contributed by atoms with E-state index in [9.17, 15) is 4.39 Å². The second-order valence-electron chi connectivity index (χ2n) is 5.73. The summed E-state index contributed by atoms with van der Waals surface area (Å²) in [5, 5.41) is 3.45. The molecule has 4 heteroatoms. The second kappa shape index (κ2) is 6.55. The van der Waals surface area contributed by atoms with Crippen LogP contribution in [0.2, 0.25) is 0 Å². The Morgan fingerprint density at radius 1 is 1.35 bits per heavy atom. The van der Waals surface area contributed by atoms with Crippen LogP contribution in [0.15, 0.2) is 18.2 Å². The minimum atomic E-state index is -0.217. The molecule has 112 valence electrons. The molecule has 1 atom stereocenters. The van der Waals surface area contributed by atoms with E-state index in [4.69, 9.17) is 9.47 Å². The number of rotatable bonds is 8. The lowest BCUT2D eigenvalue weighted by Crippen LogP contribution is -2.28. The molecule has 1 aromatic rings. The van der Waals surface area contributed by atoms with Gasteiger partial charge in [0.1, 0.15) is 11.6 Å². The number of hydrogen-bond donors (Lipinski definition) is 1. The lowest BCUT2D eigenvalue weighted by atomic mass is 10.0. The van der Waals surface area contributed by atoms with Crippen LogP contribution in [-0.2, 0) is 4.74 Å². The Kier molecular flexibility index (Phi) is 5.00. The summed E-state index contributed by atoms with van der Waals surface area (Å²) in [4.78, 5) is 0. The molecule has 0 aliphatic heterocycles. The van der Waals surface area contributed by atoms with Crippen molar-refractivity contribution in [2.45, 2.75) is 32.2 Å². The Morgan fingerprint density at radius 3 is 2.65 bits per heavy atom. The van der Waals surface area contributed by atoms with E-state index in [1.807, 2.05) is 6.92 Å². The molecule has 1 aromatic carbocycles. The van der Waals surface area contributed by atoms with Crippen LogP contribution in [0.25, 0.3) is 0 Å². The third-order valence-corrected chi connectivity index (χ3v) is 4.25. The first kappa shape index (κ1) is 15.3. The van der Waals surface area contributed by atoms with E-state index in [1.54, 1.807) is 26.4 Å². The molecule has 0 spiro atoms. The fraction of sp³-hybridized carbons (Fsp3) is 0.625. The van der Waals surface area contributed by atoms with E-state index >= 15 is 0 Å². The molecule has 0 radical (unpaired) electrons. The van der Waals surface area contributed by atoms with Crippen LogP contribution >= 0.6 is 0 Å². The summed E-state index contributed by atoms with van der Waals surface area (Å²) < 4.78 is 24.2.